The first kappa shape index (κ1) is 14.2. The molecule has 2 aromatic carbocycles. The van der Waals surface area contributed by atoms with Gasteiger partial charge in [-0.25, -0.2) is 0 Å². The predicted octanol–water partition coefficient (Wildman–Crippen LogP) is 3.56. The minimum atomic E-state index is 0.525. The van der Waals surface area contributed by atoms with Gasteiger partial charge in [0.05, 0.1) is 7.11 Å². The zero-order valence-electron chi connectivity index (χ0n) is 12.8. The maximum atomic E-state index is 5.22. The maximum absolute atomic E-state index is 5.22. The number of hydrogen-bond acceptors (Lipinski definition) is 2. The van der Waals surface area contributed by atoms with Gasteiger partial charge in [-0.05, 0) is 61.1 Å². The summed E-state index contributed by atoms with van der Waals surface area (Å²) >= 11 is 0. The van der Waals surface area contributed by atoms with Crippen LogP contribution in [0.2, 0.25) is 0 Å². The van der Waals surface area contributed by atoms with E-state index >= 15 is 0 Å². The van der Waals surface area contributed by atoms with E-state index < -0.39 is 0 Å². The number of fused-ring (bicyclic) bond motifs is 1. The Morgan fingerprint density at radius 1 is 1.14 bits per heavy atom. The van der Waals surface area contributed by atoms with Gasteiger partial charge < -0.3 is 10.1 Å². The summed E-state index contributed by atoms with van der Waals surface area (Å²) in [7, 11) is 3.78. The van der Waals surface area contributed by atoms with Gasteiger partial charge in [-0.2, -0.15) is 0 Å². The minimum Gasteiger partial charge on any atom is -0.497 e. The standard InChI is InChI=1S/C19H23NO/c1-20-17(11-14-7-9-18(21-2)10-8-14)13-16-12-15-5-3-4-6-19(15)16/h3-10,16-17,20H,11-13H2,1-2H3. The summed E-state index contributed by atoms with van der Waals surface area (Å²) in [6.07, 6.45) is 3.51. The lowest BCUT2D eigenvalue weighted by atomic mass is 9.74. The first-order chi connectivity index (χ1) is 10.3. The summed E-state index contributed by atoms with van der Waals surface area (Å²) < 4.78 is 5.22. The van der Waals surface area contributed by atoms with Crippen LogP contribution in [0.25, 0.3) is 0 Å². The van der Waals surface area contributed by atoms with Crippen LogP contribution in [0.1, 0.15) is 29.0 Å². The second-order valence-electron chi connectivity index (χ2n) is 5.87. The molecule has 2 aromatic rings. The monoisotopic (exact) mass is 281 g/mol. The first-order valence-electron chi connectivity index (χ1n) is 7.68. The summed E-state index contributed by atoms with van der Waals surface area (Å²) in [4.78, 5) is 0. The Morgan fingerprint density at radius 2 is 1.90 bits per heavy atom. The minimum absolute atomic E-state index is 0.525. The number of methoxy groups -OCH3 is 1. The molecule has 0 saturated carbocycles. The average molecular weight is 281 g/mol. The summed E-state index contributed by atoms with van der Waals surface area (Å²) in [5.74, 6) is 1.64. The van der Waals surface area contributed by atoms with Gasteiger partial charge in [-0.1, -0.05) is 36.4 Å². The van der Waals surface area contributed by atoms with E-state index in [1.807, 2.05) is 12.1 Å². The number of likely N-dealkylation sites (N-methyl/N-ethyl adjacent to an activating group) is 1. The van der Waals surface area contributed by atoms with Gasteiger partial charge in [-0.3, -0.25) is 0 Å². The van der Waals surface area contributed by atoms with Crippen molar-refractivity contribution in [2.75, 3.05) is 14.2 Å². The van der Waals surface area contributed by atoms with Gasteiger partial charge in [-0.15, -0.1) is 0 Å². The van der Waals surface area contributed by atoms with Crippen molar-refractivity contribution in [2.24, 2.45) is 0 Å². The Bertz CT molecular complexity index is 591. The lowest BCUT2D eigenvalue weighted by Gasteiger charge is -2.33. The summed E-state index contributed by atoms with van der Waals surface area (Å²) in [5, 5.41) is 3.48. The van der Waals surface area contributed by atoms with E-state index in [-0.39, 0.29) is 0 Å². The van der Waals surface area contributed by atoms with Crippen molar-refractivity contribution in [3.05, 3.63) is 65.2 Å². The van der Waals surface area contributed by atoms with Gasteiger partial charge >= 0.3 is 0 Å². The van der Waals surface area contributed by atoms with E-state index in [9.17, 15) is 0 Å². The second-order valence-corrected chi connectivity index (χ2v) is 5.87. The van der Waals surface area contributed by atoms with Crippen molar-refractivity contribution < 1.29 is 4.74 Å². The largest absolute Gasteiger partial charge is 0.497 e. The third-order valence-electron chi connectivity index (χ3n) is 4.58. The molecule has 110 valence electrons. The highest BCUT2D eigenvalue weighted by Gasteiger charge is 2.27. The Kier molecular flexibility index (Phi) is 4.26. The maximum Gasteiger partial charge on any atom is 0.118 e. The Labute approximate surface area is 127 Å². The molecule has 2 unspecified atom stereocenters. The molecule has 2 heteroatoms. The lowest BCUT2D eigenvalue weighted by Crippen LogP contribution is -2.32. The van der Waals surface area contributed by atoms with E-state index in [4.69, 9.17) is 4.74 Å². The van der Waals surface area contributed by atoms with Crippen molar-refractivity contribution >= 4 is 0 Å². The first-order valence-corrected chi connectivity index (χ1v) is 7.68. The van der Waals surface area contributed by atoms with Crippen LogP contribution in [0.3, 0.4) is 0 Å². The van der Waals surface area contributed by atoms with Gasteiger partial charge in [0.15, 0.2) is 0 Å². The van der Waals surface area contributed by atoms with Crippen molar-refractivity contribution in [3.8, 4) is 5.75 Å². The fourth-order valence-corrected chi connectivity index (χ4v) is 3.27. The van der Waals surface area contributed by atoms with E-state index in [1.165, 1.54) is 24.0 Å². The highest BCUT2D eigenvalue weighted by atomic mass is 16.5. The topological polar surface area (TPSA) is 21.3 Å². The smallest absolute Gasteiger partial charge is 0.118 e. The van der Waals surface area contributed by atoms with Gasteiger partial charge in [0.25, 0.3) is 0 Å². The molecule has 3 rings (SSSR count). The summed E-state index contributed by atoms with van der Waals surface area (Å²) in [5.41, 5.74) is 4.44. The van der Waals surface area contributed by atoms with Crippen molar-refractivity contribution in [3.63, 3.8) is 0 Å². The summed E-state index contributed by atoms with van der Waals surface area (Å²) in [6, 6.07) is 17.8. The zero-order valence-corrected chi connectivity index (χ0v) is 12.8. The zero-order chi connectivity index (χ0) is 14.7. The van der Waals surface area contributed by atoms with E-state index in [0.717, 1.165) is 18.1 Å². The number of benzene rings is 2. The SMILES string of the molecule is CNC(Cc1ccc(OC)cc1)CC1Cc2ccccc21. The van der Waals surface area contributed by atoms with E-state index in [2.05, 4.69) is 48.8 Å². The molecule has 1 N–H and O–H groups in total. The number of nitrogens with one attached hydrogen (secondary N) is 1. The van der Waals surface area contributed by atoms with Crippen LogP contribution in [-0.4, -0.2) is 20.2 Å². The lowest BCUT2D eigenvalue weighted by molar-refractivity contribution is 0.414. The summed E-state index contributed by atoms with van der Waals surface area (Å²) in [6.45, 7) is 0. The Morgan fingerprint density at radius 3 is 2.57 bits per heavy atom. The fourth-order valence-electron chi connectivity index (χ4n) is 3.27. The van der Waals surface area contributed by atoms with Crippen LogP contribution in [0.15, 0.2) is 48.5 Å². The van der Waals surface area contributed by atoms with Crippen LogP contribution in [0.5, 0.6) is 5.75 Å². The van der Waals surface area contributed by atoms with E-state index in [1.54, 1.807) is 12.7 Å². The molecule has 1 aliphatic carbocycles. The van der Waals surface area contributed by atoms with Gasteiger partial charge in [0.1, 0.15) is 5.75 Å². The molecule has 1 aliphatic rings. The number of hydrogen-bond donors (Lipinski definition) is 1. The quantitative estimate of drug-likeness (QED) is 0.874. The highest BCUT2D eigenvalue weighted by molar-refractivity contribution is 5.40. The van der Waals surface area contributed by atoms with Crippen molar-refractivity contribution in [1.29, 1.82) is 0 Å². The van der Waals surface area contributed by atoms with Crippen LogP contribution >= 0.6 is 0 Å². The van der Waals surface area contributed by atoms with Crippen LogP contribution in [0.4, 0.5) is 0 Å². The third kappa shape index (κ3) is 3.11. The van der Waals surface area contributed by atoms with Gasteiger partial charge in [0, 0.05) is 6.04 Å². The van der Waals surface area contributed by atoms with Crippen LogP contribution < -0.4 is 10.1 Å². The molecule has 2 atom stereocenters. The molecule has 0 radical (unpaired) electrons. The van der Waals surface area contributed by atoms with Crippen molar-refractivity contribution in [1.82, 2.24) is 5.32 Å². The molecule has 0 heterocycles. The number of rotatable bonds is 6. The van der Waals surface area contributed by atoms with Crippen molar-refractivity contribution in [2.45, 2.75) is 31.2 Å². The van der Waals surface area contributed by atoms with Gasteiger partial charge in [0.2, 0.25) is 0 Å². The number of ether oxygens (including phenoxy) is 1. The molecule has 0 aromatic heterocycles. The molecular formula is C19H23NO. The Hall–Kier alpha value is -1.80. The molecule has 0 fully saturated rings. The Balaban J connectivity index is 1.61. The molecule has 2 nitrogen and oxygen atoms in total. The molecule has 21 heavy (non-hydrogen) atoms. The average Bonchev–Trinajstić information content (AvgIpc) is 2.52. The predicted molar refractivity (Wildman–Crippen MR) is 87.0 cm³/mol. The van der Waals surface area contributed by atoms with Crippen LogP contribution in [0, 0.1) is 0 Å². The molecular weight excluding hydrogens is 258 g/mol. The molecule has 0 amide bonds. The van der Waals surface area contributed by atoms with E-state index in [0.29, 0.717) is 6.04 Å². The van der Waals surface area contributed by atoms with Crippen LogP contribution in [-0.2, 0) is 12.8 Å². The molecule has 0 spiro atoms. The highest BCUT2D eigenvalue weighted by Crippen LogP contribution is 2.38. The second kappa shape index (κ2) is 6.31. The fraction of sp³-hybridized carbons (Fsp3) is 0.368. The normalized spacial score (nSPS) is 17.7. The third-order valence-corrected chi connectivity index (χ3v) is 4.58. The molecule has 0 bridgehead atoms. The molecule has 0 saturated heterocycles. The molecule has 0 aliphatic heterocycles.